The van der Waals surface area contributed by atoms with Crippen LogP contribution in [0.4, 0.5) is 0 Å². The molecule has 1 saturated carbocycles. The lowest BCUT2D eigenvalue weighted by molar-refractivity contribution is -0.140. The van der Waals surface area contributed by atoms with E-state index >= 15 is 0 Å². The minimum absolute atomic E-state index is 0.132. The Balaban J connectivity index is 2.85. The summed E-state index contributed by atoms with van der Waals surface area (Å²) in [5, 5.41) is 0. The fourth-order valence-corrected chi connectivity index (χ4v) is 3.39. The highest BCUT2D eigenvalue weighted by molar-refractivity contribution is 7.80. The van der Waals surface area contributed by atoms with Crippen molar-refractivity contribution in [1.29, 1.82) is 0 Å². The first-order valence-electron chi connectivity index (χ1n) is 7.38. The molecule has 0 radical (unpaired) electrons. The Morgan fingerprint density at radius 2 is 1.79 bits per heavy atom. The van der Waals surface area contributed by atoms with E-state index in [2.05, 4.69) is 20.8 Å². The van der Waals surface area contributed by atoms with E-state index in [9.17, 15) is 4.79 Å². The second-order valence-electron chi connectivity index (χ2n) is 6.40. The molecule has 1 unspecified atom stereocenters. The van der Waals surface area contributed by atoms with E-state index in [1.54, 1.807) is 0 Å². The third kappa shape index (κ3) is 3.68. The van der Waals surface area contributed by atoms with Gasteiger partial charge in [-0.15, -0.1) is 0 Å². The summed E-state index contributed by atoms with van der Waals surface area (Å²) in [6.45, 7) is 6.46. The van der Waals surface area contributed by atoms with Crippen molar-refractivity contribution < 1.29 is 4.79 Å². The Hall–Kier alpha value is -0.640. The van der Waals surface area contributed by atoms with E-state index < -0.39 is 5.41 Å². The van der Waals surface area contributed by atoms with Crippen LogP contribution in [0.5, 0.6) is 0 Å². The number of carbonyl (C=O) groups is 1. The summed E-state index contributed by atoms with van der Waals surface area (Å²) in [5.41, 5.74) is 5.35. The van der Waals surface area contributed by atoms with E-state index in [1.807, 2.05) is 11.9 Å². The Kier molecular flexibility index (Phi) is 5.78. The molecule has 19 heavy (non-hydrogen) atoms. The Morgan fingerprint density at radius 3 is 2.21 bits per heavy atom. The van der Waals surface area contributed by atoms with Crippen molar-refractivity contribution in [2.75, 3.05) is 7.05 Å². The molecular weight excluding hydrogens is 256 g/mol. The van der Waals surface area contributed by atoms with E-state index in [1.165, 1.54) is 6.42 Å². The highest BCUT2D eigenvalue weighted by Crippen LogP contribution is 2.38. The second-order valence-corrected chi connectivity index (χ2v) is 6.84. The van der Waals surface area contributed by atoms with Crippen LogP contribution in [0, 0.1) is 11.3 Å². The largest absolute Gasteiger partial charge is 0.392 e. The van der Waals surface area contributed by atoms with Crippen molar-refractivity contribution in [3.8, 4) is 0 Å². The van der Waals surface area contributed by atoms with Crippen molar-refractivity contribution in [2.24, 2.45) is 17.1 Å². The van der Waals surface area contributed by atoms with Gasteiger partial charge >= 0.3 is 0 Å². The summed E-state index contributed by atoms with van der Waals surface area (Å²) >= 11 is 5.23. The van der Waals surface area contributed by atoms with E-state index in [-0.39, 0.29) is 11.9 Å². The van der Waals surface area contributed by atoms with Gasteiger partial charge in [-0.3, -0.25) is 4.79 Å². The van der Waals surface area contributed by atoms with Gasteiger partial charge in [-0.1, -0.05) is 45.3 Å². The topological polar surface area (TPSA) is 46.3 Å². The lowest BCUT2D eigenvalue weighted by atomic mass is 9.72. The number of thiocarbonyl (C=S) groups is 1. The maximum Gasteiger partial charge on any atom is 0.235 e. The van der Waals surface area contributed by atoms with E-state index in [0.29, 0.717) is 10.9 Å². The quantitative estimate of drug-likeness (QED) is 0.789. The molecule has 1 rings (SSSR count). The van der Waals surface area contributed by atoms with Crippen LogP contribution in [-0.4, -0.2) is 28.9 Å². The van der Waals surface area contributed by atoms with Gasteiger partial charge in [-0.05, 0) is 32.1 Å². The number of hydrogen-bond acceptors (Lipinski definition) is 2. The third-order valence-corrected chi connectivity index (χ3v) is 4.77. The highest BCUT2D eigenvalue weighted by atomic mass is 32.1. The molecule has 0 bridgehead atoms. The molecule has 3 nitrogen and oxygen atoms in total. The number of hydrogen-bond donors (Lipinski definition) is 1. The molecule has 0 aromatic rings. The first-order valence-corrected chi connectivity index (χ1v) is 7.79. The average Bonchev–Trinajstić information content (AvgIpc) is 2.36. The summed E-state index contributed by atoms with van der Waals surface area (Å²) in [4.78, 5) is 15.1. The first-order chi connectivity index (χ1) is 8.81. The van der Waals surface area contributed by atoms with Gasteiger partial charge in [0.2, 0.25) is 5.91 Å². The molecule has 1 fully saturated rings. The monoisotopic (exact) mass is 284 g/mol. The zero-order valence-electron chi connectivity index (χ0n) is 12.7. The summed E-state index contributed by atoms with van der Waals surface area (Å²) in [5.74, 6) is 0.713. The Morgan fingerprint density at radius 1 is 1.26 bits per heavy atom. The molecular formula is C15H28N2OS. The lowest BCUT2D eigenvalue weighted by Gasteiger charge is -2.40. The van der Waals surface area contributed by atoms with Crippen LogP contribution in [0.3, 0.4) is 0 Å². The van der Waals surface area contributed by atoms with Crippen LogP contribution >= 0.6 is 12.2 Å². The van der Waals surface area contributed by atoms with Gasteiger partial charge in [-0.2, -0.15) is 0 Å². The summed E-state index contributed by atoms with van der Waals surface area (Å²) in [7, 11) is 1.89. The summed E-state index contributed by atoms with van der Waals surface area (Å²) in [6, 6.07) is 0.237. The minimum atomic E-state index is -0.576. The number of amides is 1. The van der Waals surface area contributed by atoms with Crippen LogP contribution in [-0.2, 0) is 4.79 Å². The molecule has 1 aliphatic rings. The average molecular weight is 284 g/mol. The standard InChI is InChI=1S/C15H28N2OS/c1-11(2)10-12(3)17(4)14(18)15(13(16)19)8-6-5-7-9-15/h11-12H,5-10H2,1-4H3,(H2,16,19). The smallest absolute Gasteiger partial charge is 0.235 e. The molecule has 0 saturated heterocycles. The fraction of sp³-hybridized carbons (Fsp3) is 0.867. The number of nitrogens with two attached hydrogens (primary N) is 1. The van der Waals surface area contributed by atoms with Crippen molar-refractivity contribution in [1.82, 2.24) is 4.90 Å². The first kappa shape index (κ1) is 16.4. The minimum Gasteiger partial charge on any atom is -0.392 e. The predicted molar refractivity (Wildman–Crippen MR) is 84.0 cm³/mol. The van der Waals surface area contributed by atoms with Crippen LogP contribution in [0.15, 0.2) is 0 Å². The molecule has 2 N–H and O–H groups in total. The molecule has 110 valence electrons. The second kappa shape index (κ2) is 6.69. The highest BCUT2D eigenvalue weighted by Gasteiger charge is 2.44. The molecule has 4 heteroatoms. The predicted octanol–water partition coefficient (Wildman–Crippen LogP) is 3.12. The van der Waals surface area contributed by atoms with Crippen molar-refractivity contribution in [3.05, 3.63) is 0 Å². The SMILES string of the molecule is CC(C)CC(C)N(C)C(=O)C1(C(N)=S)CCCCC1. The molecule has 1 amide bonds. The van der Waals surface area contributed by atoms with Gasteiger partial charge < -0.3 is 10.6 Å². The molecule has 1 atom stereocenters. The van der Waals surface area contributed by atoms with Gasteiger partial charge in [0.25, 0.3) is 0 Å². The number of nitrogens with zero attached hydrogens (tertiary/aromatic N) is 1. The maximum absolute atomic E-state index is 12.8. The van der Waals surface area contributed by atoms with Crippen LogP contribution < -0.4 is 5.73 Å². The molecule has 1 aliphatic carbocycles. The van der Waals surface area contributed by atoms with Crippen LogP contribution in [0.2, 0.25) is 0 Å². The van der Waals surface area contributed by atoms with Gasteiger partial charge in [0.05, 0.1) is 10.4 Å². The molecule has 0 spiro atoms. The van der Waals surface area contributed by atoms with Crippen LogP contribution in [0.25, 0.3) is 0 Å². The molecule has 0 aromatic heterocycles. The fourth-order valence-electron chi connectivity index (χ4n) is 3.10. The van der Waals surface area contributed by atoms with Gasteiger partial charge in [0.1, 0.15) is 0 Å². The van der Waals surface area contributed by atoms with Crippen LogP contribution in [0.1, 0.15) is 59.3 Å². The third-order valence-electron chi connectivity index (χ3n) is 4.38. The van der Waals surface area contributed by atoms with Crippen molar-refractivity contribution in [2.45, 2.75) is 65.3 Å². The summed E-state index contributed by atoms with van der Waals surface area (Å²) in [6.07, 6.45) is 5.93. The maximum atomic E-state index is 12.8. The van der Waals surface area contributed by atoms with Crippen molar-refractivity contribution >= 4 is 23.1 Å². The van der Waals surface area contributed by atoms with Gasteiger partial charge in [0.15, 0.2) is 0 Å². The molecule has 0 heterocycles. The van der Waals surface area contributed by atoms with E-state index in [0.717, 1.165) is 32.1 Å². The zero-order valence-corrected chi connectivity index (χ0v) is 13.6. The number of rotatable bonds is 5. The Bertz CT molecular complexity index is 335. The Labute approximate surface area is 122 Å². The van der Waals surface area contributed by atoms with Gasteiger partial charge in [-0.25, -0.2) is 0 Å². The molecule has 0 aromatic carbocycles. The van der Waals surface area contributed by atoms with Crippen molar-refractivity contribution in [3.63, 3.8) is 0 Å². The summed E-state index contributed by atoms with van der Waals surface area (Å²) < 4.78 is 0. The normalized spacial score (nSPS) is 20.1. The van der Waals surface area contributed by atoms with Gasteiger partial charge in [0, 0.05) is 13.1 Å². The van der Waals surface area contributed by atoms with E-state index in [4.69, 9.17) is 18.0 Å². The zero-order chi connectivity index (χ0) is 14.6. The number of carbonyl (C=O) groups excluding carboxylic acids is 1. The lowest BCUT2D eigenvalue weighted by Crippen LogP contribution is -2.52. The molecule has 0 aliphatic heterocycles.